The van der Waals surface area contributed by atoms with Crippen LogP contribution in [0.3, 0.4) is 0 Å². The monoisotopic (exact) mass is 290 g/mol. The van der Waals surface area contributed by atoms with Crippen LogP contribution >= 0.6 is 0 Å². The zero-order valence-corrected chi connectivity index (χ0v) is 14.1. The van der Waals surface area contributed by atoms with E-state index in [0.717, 1.165) is 18.8 Å². The summed E-state index contributed by atoms with van der Waals surface area (Å²) in [5.74, 6) is 0. The Kier molecular flexibility index (Phi) is 9.98. The van der Waals surface area contributed by atoms with Crippen LogP contribution in [0.5, 0.6) is 0 Å². The number of nitrogen functional groups attached to an aromatic ring is 1. The third-order valence-corrected chi connectivity index (χ3v) is 4.13. The second-order valence-corrected chi connectivity index (χ2v) is 6.09. The average Bonchev–Trinajstić information content (AvgIpc) is 2.48. The standard InChI is InChI=1S/C19H34N2/c1-3-5-6-7-8-9-10-11-15-21(4-2)17-18-13-12-14-19(20)16-18/h12-14,16H,3-11,15,17,20H2,1-2H3. The lowest BCUT2D eigenvalue weighted by Gasteiger charge is -2.20. The highest BCUT2D eigenvalue weighted by atomic mass is 15.1. The molecule has 0 amide bonds. The fourth-order valence-corrected chi connectivity index (χ4v) is 2.77. The summed E-state index contributed by atoms with van der Waals surface area (Å²) in [6.07, 6.45) is 11.1. The van der Waals surface area contributed by atoms with Crippen molar-refractivity contribution in [2.24, 2.45) is 0 Å². The van der Waals surface area contributed by atoms with E-state index in [1.807, 2.05) is 6.07 Å². The van der Waals surface area contributed by atoms with E-state index < -0.39 is 0 Å². The van der Waals surface area contributed by atoms with Crippen LogP contribution in [0.1, 0.15) is 70.8 Å². The molecule has 2 nitrogen and oxygen atoms in total. The van der Waals surface area contributed by atoms with Gasteiger partial charge in [0.15, 0.2) is 0 Å². The first kappa shape index (κ1) is 18.0. The molecule has 21 heavy (non-hydrogen) atoms. The first-order valence-corrected chi connectivity index (χ1v) is 8.83. The minimum atomic E-state index is 0.871. The molecule has 0 atom stereocenters. The van der Waals surface area contributed by atoms with E-state index in [0.29, 0.717) is 0 Å². The van der Waals surface area contributed by atoms with E-state index >= 15 is 0 Å². The lowest BCUT2D eigenvalue weighted by molar-refractivity contribution is 0.272. The number of benzene rings is 1. The molecule has 0 spiro atoms. The molecule has 0 radical (unpaired) electrons. The SMILES string of the molecule is CCCCCCCCCCN(CC)Cc1cccc(N)c1. The highest BCUT2D eigenvalue weighted by molar-refractivity contribution is 5.40. The van der Waals surface area contributed by atoms with E-state index in [1.165, 1.54) is 63.5 Å². The van der Waals surface area contributed by atoms with Crippen LogP contribution in [-0.2, 0) is 6.54 Å². The molecule has 0 fully saturated rings. The smallest absolute Gasteiger partial charge is 0.0317 e. The molecule has 0 bridgehead atoms. The van der Waals surface area contributed by atoms with E-state index in [-0.39, 0.29) is 0 Å². The zero-order valence-electron chi connectivity index (χ0n) is 14.1. The highest BCUT2D eigenvalue weighted by Crippen LogP contribution is 2.12. The van der Waals surface area contributed by atoms with Crippen LogP contribution in [0.15, 0.2) is 24.3 Å². The summed E-state index contributed by atoms with van der Waals surface area (Å²) in [7, 11) is 0. The molecule has 1 aromatic carbocycles. The summed E-state index contributed by atoms with van der Waals surface area (Å²) in [5, 5.41) is 0. The number of anilines is 1. The third-order valence-electron chi connectivity index (χ3n) is 4.13. The summed E-state index contributed by atoms with van der Waals surface area (Å²) in [6.45, 7) is 7.88. The van der Waals surface area contributed by atoms with Crippen molar-refractivity contribution in [2.45, 2.75) is 71.8 Å². The molecule has 1 aromatic rings. The molecular weight excluding hydrogens is 256 g/mol. The van der Waals surface area contributed by atoms with Gasteiger partial charge in [-0.1, -0.05) is 70.9 Å². The highest BCUT2D eigenvalue weighted by Gasteiger charge is 2.03. The van der Waals surface area contributed by atoms with Crippen molar-refractivity contribution < 1.29 is 0 Å². The Balaban J connectivity index is 2.11. The molecule has 0 saturated carbocycles. The Morgan fingerprint density at radius 2 is 1.57 bits per heavy atom. The molecule has 1 rings (SSSR count). The summed E-state index contributed by atoms with van der Waals surface area (Å²) >= 11 is 0. The van der Waals surface area contributed by atoms with Gasteiger partial charge in [-0.05, 0) is 37.2 Å². The second-order valence-electron chi connectivity index (χ2n) is 6.09. The van der Waals surface area contributed by atoms with Gasteiger partial charge >= 0.3 is 0 Å². The quantitative estimate of drug-likeness (QED) is 0.422. The van der Waals surface area contributed by atoms with Crippen LogP contribution in [0, 0.1) is 0 Å². The third kappa shape index (κ3) is 8.77. The van der Waals surface area contributed by atoms with E-state index in [4.69, 9.17) is 5.73 Å². The van der Waals surface area contributed by atoms with Crippen molar-refractivity contribution in [1.82, 2.24) is 4.90 Å². The Bertz CT molecular complexity index is 362. The average molecular weight is 290 g/mol. The van der Waals surface area contributed by atoms with Crippen molar-refractivity contribution in [2.75, 3.05) is 18.8 Å². The first-order valence-electron chi connectivity index (χ1n) is 8.83. The molecular formula is C19H34N2. The molecule has 0 unspecified atom stereocenters. The van der Waals surface area contributed by atoms with Gasteiger partial charge in [-0.3, -0.25) is 4.90 Å². The maximum absolute atomic E-state index is 5.85. The summed E-state index contributed by atoms with van der Waals surface area (Å²) in [6, 6.07) is 8.27. The molecule has 0 saturated heterocycles. The predicted octanol–water partition coefficient (Wildman–Crippen LogP) is 5.23. The fourth-order valence-electron chi connectivity index (χ4n) is 2.77. The van der Waals surface area contributed by atoms with Gasteiger partial charge < -0.3 is 5.73 Å². The van der Waals surface area contributed by atoms with E-state index in [1.54, 1.807) is 0 Å². The van der Waals surface area contributed by atoms with Crippen molar-refractivity contribution in [3.63, 3.8) is 0 Å². The van der Waals surface area contributed by atoms with Crippen LogP contribution in [0.4, 0.5) is 5.69 Å². The Labute approximate surface area is 131 Å². The second kappa shape index (κ2) is 11.6. The number of hydrogen-bond acceptors (Lipinski definition) is 2. The molecule has 0 aliphatic rings. The zero-order chi connectivity index (χ0) is 15.3. The van der Waals surface area contributed by atoms with Gasteiger partial charge in [0, 0.05) is 12.2 Å². The Hall–Kier alpha value is -1.02. The van der Waals surface area contributed by atoms with Crippen molar-refractivity contribution in [3.8, 4) is 0 Å². The van der Waals surface area contributed by atoms with Crippen molar-refractivity contribution in [3.05, 3.63) is 29.8 Å². The number of rotatable bonds is 12. The molecule has 120 valence electrons. The van der Waals surface area contributed by atoms with E-state index in [2.05, 4.69) is 36.9 Å². The topological polar surface area (TPSA) is 29.3 Å². The number of nitrogens with zero attached hydrogens (tertiary/aromatic N) is 1. The van der Waals surface area contributed by atoms with Crippen LogP contribution in [-0.4, -0.2) is 18.0 Å². The minimum absolute atomic E-state index is 0.871. The summed E-state index contributed by atoms with van der Waals surface area (Å²) in [5.41, 5.74) is 8.05. The lowest BCUT2D eigenvalue weighted by Crippen LogP contribution is -2.24. The number of nitrogens with two attached hydrogens (primary N) is 1. The Morgan fingerprint density at radius 3 is 2.19 bits per heavy atom. The number of unbranched alkanes of at least 4 members (excludes halogenated alkanes) is 7. The van der Waals surface area contributed by atoms with Gasteiger partial charge in [0.1, 0.15) is 0 Å². The summed E-state index contributed by atoms with van der Waals surface area (Å²) < 4.78 is 0. The number of hydrogen-bond donors (Lipinski definition) is 1. The predicted molar refractivity (Wildman–Crippen MR) is 94.4 cm³/mol. The van der Waals surface area contributed by atoms with Crippen LogP contribution in [0.2, 0.25) is 0 Å². The molecule has 2 heteroatoms. The van der Waals surface area contributed by atoms with Crippen molar-refractivity contribution in [1.29, 1.82) is 0 Å². The van der Waals surface area contributed by atoms with Gasteiger partial charge in [-0.2, -0.15) is 0 Å². The molecule has 0 aromatic heterocycles. The largest absolute Gasteiger partial charge is 0.399 e. The minimum Gasteiger partial charge on any atom is -0.399 e. The molecule has 0 heterocycles. The van der Waals surface area contributed by atoms with Crippen LogP contribution < -0.4 is 5.73 Å². The maximum Gasteiger partial charge on any atom is 0.0317 e. The molecule has 0 aliphatic heterocycles. The summed E-state index contributed by atoms with van der Waals surface area (Å²) in [4.78, 5) is 2.52. The normalized spacial score (nSPS) is 11.2. The fraction of sp³-hybridized carbons (Fsp3) is 0.684. The van der Waals surface area contributed by atoms with Gasteiger partial charge in [-0.15, -0.1) is 0 Å². The molecule has 0 aliphatic carbocycles. The van der Waals surface area contributed by atoms with Crippen molar-refractivity contribution >= 4 is 5.69 Å². The molecule has 2 N–H and O–H groups in total. The Morgan fingerprint density at radius 1 is 0.905 bits per heavy atom. The van der Waals surface area contributed by atoms with Gasteiger partial charge in [0.2, 0.25) is 0 Å². The maximum atomic E-state index is 5.85. The van der Waals surface area contributed by atoms with E-state index in [9.17, 15) is 0 Å². The van der Waals surface area contributed by atoms with Gasteiger partial charge in [0.25, 0.3) is 0 Å². The lowest BCUT2D eigenvalue weighted by atomic mass is 10.1. The van der Waals surface area contributed by atoms with Gasteiger partial charge in [0.05, 0.1) is 0 Å². The van der Waals surface area contributed by atoms with Gasteiger partial charge in [-0.25, -0.2) is 0 Å². The first-order chi connectivity index (χ1) is 10.3. The van der Waals surface area contributed by atoms with Crippen LogP contribution in [0.25, 0.3) is 0 Å².